The number of ether oxygens (including phenoxy) is 1. The smallest absolute Gasteiger partial charge is 0.414 e. The Balaban J connectivity index is 1.31. The minimum Gasteiger partial charge on any atom is -0.469 e. The molecule has 0 radical (unpaired) electrons. The Kier molecular flexibility index (Phi) is 5.43. The number of esters is 1. The Morgan fingerprint density at radius 3 is 2.33 bits per heavy atom. The number of hydrogen-bond acceptors (Lipinski definition) is 5. The van der Waals surface area contributed by atoms with E-state index in [1.807, 2.05) is 12.1 Å². The normalized spacial score (nSPS) is 28.2. The van der Waals surface area contributed by atoms with E-state index in [1.54, 1.807) is 6.07 Å². The predicted octanol–water partition coefficient (Wildman–Crippen LogP) is 4.80. The molecule has 2 atom stereocenters. The fourth-order valence-electron chi connectivity index (χ4n) is 6.60. The van der Waals surface area contributed by atoms with Gasteiger partial charge in [0.2, 0.25) is 5.91 Å². The number of fused-ring (bicyclic) bond motifs is 1. The zero-order chi connectivity index (χ0) is 26.1. The zero-order valence-corrected chi connectivity index (χ0v) is 20.8. The van der Waals surface area contributed by atoms with E-state index in [-0.39, 0.29) is 36.4 Å². The topological polar surface area (TPSA) is 71.5 Å². The van der Waals surface area contributed by atoms with Gasteiger partial charge in [0, 0.05) is 18.5 Å². The lowest BCUT2D eigenvalue weighted by Gasteiger charge is -2.67. The molecule has 0 spiro atoms. The Labute approximate surface area is 208 Å². The van der Waals surface area contributed by atoms with Crippen LogP contribution in [0.1, 0.15) is 56.0 Å². The van der Waals surface area contributed by atoms with Crippen LogP contribution in [0.4, 0.5) is 18.9 Å². The van der Waals surface area contributed by atoms with Crippen molar-refractivity contribution < 1.29 is 27.5 Å². The maximum absolute atomic E-state index is 14.2. The minimum absolute atomic E-state index is 0.0663. The molecule has 1 N–H and O–H groups in total. The molecule has 1 heterocycles. The molecule has 2 bridgehead atoms. The first-order valence-corrected chi connectivity index (χ1v) is 12.1. The molecule has 1 amide bonds. The van der Waals surface area contributed by atoms with Gasteiger partial charge in [-0.15, -0.1) is 0 Å². The van der Waals surface area contributed by atoms with Crippen LogP contribution in [-0.2, 0) is 26.2 Å². The van der Waals surface area contributed by atoms with Crippen molar-refractivity contribution in [1.29, 1.82) is 0 Å². The number of halogens is 3. The fourth-order valence-corrected chi connectivity index (χ4v) is 6.60. The van der Waals surface area contributed by atoms with Crippen molar-refractivity contribution in [3.63, 3.8) is 0 Å². The number of carbonyl (C=O) groups is 2. The van der Waals surface area contributed by atoms with Gasteiger partial charge >= 0.3 is 12.1 Å². The summed E-state index contributed by atoms with van der Waals surface area (Å²) in [5, 5.41) is 3.44. The monoisotopic (exact) mass is 501 g/mol. The van der Waals surface area contributed by atoms with Crippen molar-refractivity contribution in [2.45, 2.75) is 63.2 Å². The van der Waals surface area contributed by atoms with E-state index in [0.29, 0.717) is 5.69 Å². The van der Waals surface area contributed by atoms with Crippen LogP contribution in [-0.4, -0.2) is 48.1 Å². The van der Waals surface area contributed by atoms with Crippen LogP contribution < -0.4 is 5.32 Å². The van der Waals surface area contributed by atoms with Gasteiger partial charge in [0.15, 0.2) is 6.04 Å². The average molecular weight is 502 g/mol. The molecule has 6 nitrogen and oxygen atoms in total. The van der Waals surface area contributed by atoms with Crippen LogP contribution in [0.5, 0.6) is 0 Å². The number of carbonyl (C=O) groups excluding carboxylic acids is 2. The Hall–Kier alpha value is -3.10. The minimum atomic E-state index is -4.70. The van der Waals surface area contributed by atoms with E-state index >= 15 is 0 Å². The maximum atomic E-state index is 14.2. The molecule has 0 unspecified atom stereocenters. The summed E-state index contributed by atoms with van der Waals surface area (Å²) < 4.78 is 47.2. The van der Waals surface area contributed by atoms with E-state index in [2.05, 4.69) is 36.3 Å². The summed E-state index contributed by atoms with van der Waals surface area (Å²) in [7, 11) is 2.44. The highest BCUT2D eigenvalue weighted by Gasteiger charge is 2.76. The van der Waals surface area contributed by atoms with Crippen molar-refractivity contribution in [3.05, 3.63) is 59.4 Å². The van der Waals surface area contributed by atoms with Gasteiger partial charge in [-0.2, -0.15) is 13.2 Å². The fraction of sp³-hybridized carbons (Fsp3) is 0.519. The van der Waals surface area contributed by atoms with Crippen molar-refractivity contribution in [3.8, 4) is 0 Å². The van der Waals surface area contributed by atoms with Crippen LogP contribution >= 0.6 is 0 Å². The number of hydrogen-bond donors (Lipinski definition) is 1. The second-order valence-corrected chi connectivity index (χ2v) is 11.2. The summed E-state index contributed by atoms with van der Waals surface area (Å²) in [5.41, 5.74) is 1.11. The van der Waals surface area contributed by atoms with Crippen LogP contribution in [0.25, 0.3) is 0 Å². The van der Waals surface area contributed by atoms with Crippen LogP contribution in [0.2, 0.25) is 0 Å². The number of amides is 1. The van der Waals surface area contributed by atoms with Gasteiger partial charge < -0.3 is 15.0 Å². The van der Waals surface area contributed by atoms with Gasteiger partial charge in [0.25, 0.3) is 0 Å². The number of rotatable bonds is 6. The Morgan fingerprint density at radius 2 is 1.78 bits per heavy atom. The lowest BCUT2D eigenvalue weighted by molar-refractivity contribution is -0.237. The van der Waals surface area contributed by atoms with E-state index < -0.39 is 34.9 Å². The van der Waals surface area contributed by atoms with Gasteiger partial charge in [-0.3, -0.25) is 14.6 Å². The Morgan fingerprint density at radius 1 is 1.11 bits per heavy atom. The van der Waals surface area contributed by atoms with E-state index in [1.165, 1.54) is 30.5 Å². The van der Waals surface area contributed by atoms with Crippen LogP contribution in [0.3, 0.4) is 0 Å². The summed E-state index contributed by atoms with van der Waals surface area (Å²) >= 11 is 0. The van der Waals surface area contributed by atoms with Gasteiger partial charge in [-0.1, -0.05) is 38.1 Å². The van der Waals surface area contributed by atoms with Crippen LogP contribution in [0, 0.1) is 10.8 Å². The van der Waals surface area contributed by atoms with Crippen molar-refractivity contribution in [2.24, 2.45) is 10.8 Å². The third-order valence-electron chi connectivity index (χ3n) is 8.53. The molecule has 0 saturated heterocycles. The third-order valence-corrected chi connectivity index (χ3v) is 8.53. The molecule has 2 aromatic rings. The lowest BCUT2D eigenvalue weighted by Crippen LogP contribution is -2.71. The number of alkyl halides is 3. The number of methoxy groups -OCH3 is 1. The summed E-state index contributed by atoms with van der Waals surface area (Å²) in [6, 6.07) is 9.04. The molecule has 0 aliphatic heterocycles. The quantitative estimate of drug-likeness (QED) is 0.576. The van der Waals surface area contributed by atoms with Gasteiger partial charge in [-0.25, -0.2) is 0 Å². The van der Waals surface area contributed by atoms with Crippen molar-refractivity contribution in [1.82, 2.24) is 9.88 Å². The summed E-state index contributed by atoms with van der Waals surface area (Å²) in [6.45, 7) is 4.29. The van der Waals surface area contributed by atoms with E-state index in [9.17, 15) is 22.8 Å². The zero-order valence-electron chi connectivity index (χ0n) is 20.8. The molecule has 1 aromatic heterocycles. The lowest BCUT2D eigenvalue weighted by atomic mass is 9.34. The largest absolute Gasteiger partial charge is 0.469 e. The highest BCUT2D eigenvalue weighted by Crippen LogP contribution is 2.74. The first-order valence-electron chi connectivity index (χ1n) is 12.1. The summed E-state index contributed by atoms with van der Waals surface area (Å²) in [6.07, 6.45) is -1.80. The molecule has 36 heavy (non-hydrogen) atoms. The second-order valence-electron chi connectivity index (χ2n) is 11.2. The van der Waals surface area contributed by atoms with Crippen LogP contribution in [0.15, 0.2) is 42.6 Å². The first-order chi connectivity index (χ1) is 16.8. The molecule has 9 heteroatoms. The summed E-state index contributed by atoms with van der Waals surface area (Å²) in [5.74, 6) is -1.00. The average Bonchev–Trinajstić information content (AvgIpc) is 3.02. The Bertz CT molecular complexity index is 1190. The maximum Gasteiger partial charge on any atom is 0.414 e. The third kappa shape index (κ3) is 3.58. The number of pyridine rings is 1. The van der Waals surface area contributed by atoms with Crippen molar-refractivity contribution in [2.75, 3.05) is 19.5 Å². The van der Waals surface area contributed by atoms with E-state index in [4.69, 9.17) is 4.74 Å². The number of aromatic nitrogens is 1. The molecule has 4 aliphatic rings. The second kappa shape index (κ2) is 7.95. The number of nitrogens with zero attached hydrogens (tertiary/aromatic N) is 2. The van der Waals surface area contributed by atoms with Gasteiger partial charge in [0.05, 0.1) is 35.5 Å². The SMILES string of the molecule is COC(=O)C12CC(C(=O)N(C)[C@@H](c3ccc(N[C@@H]4Cc5ccccc5C4(C)C)cn3)C(F)(F)F)(C1)C2. The predicted molar refractivity (Wildman–Crippen MR) is 127 cm³/mol. The highest BCUT2D eigenvalue weighted by atomic mass is 19.4. The summed E-state index contributed by atoms with van der Waals surface area (Å²) in [4.78, 5) is 29.9. The van der Waals surface area contributed by atoms with E-state index in [0.717, 1.165) is 18.4 Å². The number of nitrogens with one attached hydrogen (secondary N) is 1. The van der Waals surface area contributed by atoms with Crippen molar-refractivity contribution >= 4 is 17.6 Å². The molecule has 3 saturated carbocycles. The van der Waals surface area contributed by atoms with Gasteiger partial charge in [-0.05, 0) is 48.9 Å². The molecule has 1 aromatic carbocycles. The molecular formula is C27H30F3N3O3. The highest BCUT2D eigenvalue weighted by molar-refractivity contribution is 5.94. The standard InChI is InChI=1S/C27H30F3N3O3/c1-24(2)18-8-6-5-7-16(18)11-20(24)32-17-9-10-19(31-12-17)21(27(28,29)30)33(3)22(34)25-13-26(14-25,15-25)23(35)36-4/h5-10,12,20-21,32H,11,13-15H2,1-4H3/t20-,21+,25?,26?/m1/s1. The number of benzene rings is 1. The number of anilines is 1. The van der Waals surface area contributed by atoms with Gasteiger partial charge in [0.1, 0.15) is 0 Å². The molecule has 3 fully saturated rings. The molecule has 192 valence electrons. The first kappa shape index (κ1) is 24.6. The molecule has 4 aliphatic carbocycles. The molecular weight excluding hydrogens is 471 g/mol. The molecule has 6 rings (SSSR count).